The molecule has 1 N–H and O–H groups in total. The quantitative estimate of drug-likeness (QED) is 0.720. The summed E-state index contributed by atoms with van der Waals surface area (Å²) in [5.41, 5.74) is 1.27. The molecule has 4 heteroatoms. The van der Waals surface area contributed by atoms with Crippen LogP contribution in [-0.4, -0.2) is 22.7 Å². The molecule has 0 atom stereocenters. The Labute approximate surface area is 127 Å². The fourth-order valence-corrected chi connectivity index (χ4v) is 1.98. The Morgan fingerprint density at radius 1 is 1.24 bits per heavy atom. The summed E-state index contributed by atoms with van der Waals surface area (Å²) < 4.78 is 7.78. The van der Waals surface area contributed by atoms with E-state index >= 15 is 0 Å². The molecule has 0 spiro atoms. The molecular formula is C17H25N3O. The van der Waals surface area contributed by atoms with Gasteiger partial charge < -0.3 is 14.6 Å². The third-order valence-electron chi connectivity index (χ3n) is 3.32. The molecule has 0 saturated heterocycles. The number of rotatable bonds is 9. The van der Waals surface area contributed by atoms with Crippen LogP contribution in [0.4, 0.5) is 0 Å². The van der Waals surface area contributed by atoms with Gasteiger partial charge in [-0.2, -0.15) is 0 Å². The number of hydrogen-bond acceptors (Lipinski definition) is 3. The summed E-state index contributed by atoms with van der Waals surface area (Å²) in [6.45, 7) is 7.96. The van der Waals surface area contributed by atoms with Gasteiger partial charge in [-0.25, -0.2) is 4.98 Å². The summed E-state index contributed by atoms with van der Waals surface area (Å²) in [4.78, 5) is 4.03. The van der Waals surface area contributed by atoms with Crippen molar-refractivity contribution in [3.05, 3.63) is 48.5 Å². The number of aromatic nitrogens is 2. The topological polar surface area (TPSA) is 39.1 Å². The molecule has 4 nitrogen and oxygen atoms in total. The smallest absolute Gasteiger partial charge is 0.119 e. The minimum atomic E-state index is 0.684. The monoisotopic (exact) mass is 287 g/mol. The van der Waals surface area contributed by atoms with Crippen LogP contribution in [-0.2, 0) is 13.1 Å². The minimum absolute atomic E-state index is 0.684. The van der Waals surface area contributed by atoms with Crippen molar-refractivity contribution < 1.29 is 4.74 Å². The normalized spacial score (nSPS) is 11.0. The second-order valence-corrected chi connectivity index (χ2v) is 5.65. The number of benzene rings is 1. The molecule has 0 aliphatic rings. The molecule has 0 fully saturated rings. The Kier molecular flexibility index (Phi) is 6.28. The van der Waals surface area contributed by atoms with Crippen molar-refractivity contribution in [2.45, 2.75) is 33.4 Å². The van der Waals surface area contributed by atoms with Crippen molar-refractivity contribution in [2.75, 3.05) is 13.2 Å². The van der Waals surface area contributed by atoms with Crippen LogP contribution in [0.5, 0.6) is 5.75 Å². The maximum Gasteiger partial charge on any atom is 0.119 e. The van der Waals surface area contributed by atoms with Crippen LogP contribution < -0.4 is 10.1 Å². The first-order valence-corrected chi connectivity index (χ1v) is 7.62. The Bertz CT molecular complexity index is 491. The van der Waals surface area contributed by atoms with Crippen LogP contribution in [0, 0.1) is 5.92 Å². The molecule has 1 aromatic carbocycles. The number of hydrogen-bond donors (Lipinski definition) is 1. The summed E-state index contributed by atoms with van der Waals surface area (Å²) in [6.07, 6.45) is 6.71. The van der Waals surface area contributed by atoms with E-state index < -0.39 is 0 Å². The SMILES string of the molecule is CC(C)CCOc1ccc(CNCCn2ccnc2)cc1. The van der Waals surface area contributed by atoms with Crippen LogP contribution in [0.3, 0.4) is 0 Å². The molecule has 0 aliphatic heterocycles. The average Bonchev–Trinajstić information content (AvgIpc) is 2.98. The summed E-state index contributed by atoms with van der Waals surface area (Å²) >= 11 is 0. The van der Waals surface area contributed by atoms with Gasteiger partial charge in [-0.15, -0.1) is 0 Å². The largest absolute Gasteiger partial charge is 0.494 e. The van der Waals surface area contributed by atoms with Crippen LogP contribution in [0.15, 0.2) is 43.0 Å². The van der Waals surface area contributed by atoms with E-state index in [1.165, 1.54) is 5.56 Å². The highest BCUT2D eigenvalue weighted by atomic mass is 16.5. The lowest BCUT2D eigenvalue weighted by molar-refractivity contribution is 0.289. The van der Waals surface area contributed by atoms with Gasteiger partial charge in [0.1, 0.15) is 5.75 Å². The Balaban J connectivity index is 1.65. The lowest BCUT2D eigenvalue weighted by atomic mass is 10.1. The van der Waals surface area contributed by atoms with E-state index in [0.717, 1.165) is 38.4 Å². The molecule has 2 aromatic rings. The van der Waals surface area contributed by atoms with Gasteiger partial charge in [0.2, 0.25) is 0 Å². The molecular weight excluding hydrogens is 262 g/mol. The lowest BCUT2D eigenvalue weighted by Crippen LogP contribution is -2.18. The fraction of sp³-hybridized carbons (Fsp3) is 0.471. The highest BCUT2D eigenvalue weighted by Gasteiger charge is 1.98. The zero-order chi connectivity index (χ0) is 14.9. The highest BCUT2D eigenvalue weighted by molar-refractivity contribution is 5.27. The van der Waals surface area contributed by atoms with E-state index in [0.29, 0.717) is 5.92 Å². The first-order valence-electron chi connectivity index (χ1n) is 7.62. The summed E-state index contributed by atoms with van der Waals surface area (Å²) in [5.74, 6) is 1.64. The Morgan fingerprint density at radius 3 is 2.71 bits per heavy atom. The van der Waals surface area contributed by atoms with E-state index in [-0.39, 0.29) is 0 Å². The summed E-state index contributed by atoms with van der Waals surface area (Å²) in [5, 5.41) is 3.43. The van der Waals surface area contributed by atoms with Gasteiger partial charge in [-0.3, -0.25) is 0 Å². The third-order valence-corrected chi connectivity index (χ3v) is 3.32. The first kappa shape index (κ1) is 15.6. The minimum Gasteiger partial charge on any atom is -0.494 e. The predicted octanol–water partition coefficient (Wildman–Crippen LogP) is 3.10. The zero-order valence-electron chi connectivity index (χ0n) is 13.0. The molecule has 0 aliphatic carbocycles. The van der Waals surface area contributed by atoms with Crippen LogP contribution >= 0.6 is 0 Å². The maximum atomic E-state index is 5.72. The number of nitrogens with one attached hydrogen (secondary N) is 1. The Hall–Kier alpha value is -1.81. The van der Waals surface area contributed by atoms with Crippen LogP contribution in [0.2, 0.25) is 0 Å². The van der Waals surface area contributed by atoms with Gasteiger partial charge in [0.25, 0.3) is 0 Å². The molecule has 0 amide bonds. The standard InChI is InChI=1S/C17H25N3O/c1-15(2)7-12-21-17-5-3-16(4-6-17)13-18-8-10-20-11-9-19-14-20/h3-6,9,11,14-15,18H,7-8,10,12-13H2,1-2H3. The molecule has 1 aromatic heterocycles. The zero-order valence-corrected chi connectivity index (χ0v) is 13.0. The van der Waals surface area contributed by atoms with Crippen molar-refractivity contribution in [2.24, 2.45) is 5.92 Å². The van der Waals surface area contributed by atoms with Crippen molar-refractivity contribution in [3.8, 4) is 5.75 Å². The number of ether oxygens (including phenoxy) is 1. The van der Waals surface area contributed by atoms with Crippen molar-refractivity contribution in [1.82, 2.24) is 14.9 Å². The van der Waals surface area contributed by atoms with E-state index in [9.17, 15) is 0 Å². The molecule has 0 bridgehead atoms. The van der Waals surface area contributed by atoms with Crippen LogP contribution in [0.25, 0.3) is 0 Å². The number of nitrogens with zero attached hydrogens (tertiary/aromatic N) is 2. The summed E-state index contributed by atoms with van der Waals surface area (Å²) in [6, 6.07) is 8.34. The molecule has 0 radical (unpaired) electrons. The van der Waals surface area contributed by atoms with E-state index in [1.807, 2.05) is 24.7 Å². The summed E-state index contributed by atoms with van der Waals surface area (Å²) in [7, 11) is 0. The molecule has 0 saturated carbocycles. The van der Waals surface area contributed by atoms with Gasteiger partial charge >= 0.3 is 0 Å². The highest BCUT2D eigenvalue weighted by Crippen LogP contribution is 2.13. The molecule has 2 rings (SSSR count). The average molecular weight is 287 g/mol. The van der Waals surface area contributed by atoms with Crippen molar-refractivity contribution >= 4 is 0 Å². The van der Waals surface area contributed by atoms with E-state index in [4.69, 9.17) is 4.74 Å². The van der Waals surface area contributed by atoms with Crippen molar-refractivity contribution in [1.29, 1.82) is 0 Å². The third kappa shape index (κ3) is 6.00. The van der Waals surface area contributed by atoms with Crippen LogP contribution in [0.1, 0.15) is 25.8 Å². The van der Waals surface area contributed by atoms with Gasteiger partial charge in [0.05, 0.1) is 12.9 Å². The van der Waals surface area contributed by atoms with Crippen molar-refractivity contribution in [3.63, 3.8) is 0 Å². The first-order chi connectivity index (χ1) is 10.2. The van der Waals surface area contributed by atoms with Gasteiger partial charge in [-0.1, -0.05) is 26.0 Å². The second kappa shape index (κ2) is 8.47. The molecule has 114 valence electrons. The second-order valence-electron chi connectivity index (χ2n) is 5.65. The molecule has 0 unspecified atom stereocenters. The van der Waals surface area contributed by atoms with Gasteiger partial charge in [0.15, 0.2) is 0 Å². The van der Waals surface area contributed by atoms with Gasteiger partial charge in [-0.05, 0) is 30.0 Å². The molecule has 1 heterocycles. The fourth-order valence-electron chi connectivity index (χ4n) is 1.98. The predicted molar refractivity (Wildman–Crippen MR) is 85.3 cm³/mol. The van der Waals surface area contributed by atoms with E-state index in [1.54, 1.807) is 6.20 Å². The van der Waals surface area contributed by atoms with E-state index in [2.05, 4.69) is 40.8 Å². The van der Waals surface area contributed by atoms with Gasteiger partial charge in [0, 0.05) is 32.0 Å². The maximum absolute atomic E-state index is 5.72. The lowest BCUT2D eigenvalue weighted by Gasteiger charge is -2.09. The Morgan fingerprint density at radius 2 is 2.05 bits per heavy atom. The number of imidazole rings is 1. The molecule has 21 heavy (non-hydrogen) atoms.